The van der Waals surface area contributed by atoms with Gasteiger partial charge in [0.05, 0.1) is 12.5 Å². The van der Waals surface area contributed by atoms with Gasteiger partial charge in [-0.1, -0.05) is 12.2 Å². The van der Waals surface area contributed by atoms with Crippen LogP contribution >= 0.6 is 0 Å². The van der Waals surface area contributed by atoms with Gasteiger partial charge in [-0.05, 0) is 44.8 Å². The molecular formula is C12H18O2. The summed E-state index contributed by atoms with van der Waals surface area (Å²) < 4.78 is 5.04. The van der Waals surface area contributed by atoms with E-state index in [-0.39, 0.29) is 11.9 Å². The molecule has 14 heavy (non-hydrogen) atoms. The average molecular weight is 194 g/mol. The second-order valence-electron chi connectivity index (χ2n) is 3.40. The van der Waals surface area contributed by atoms with Gasteiger partial charge in [0.1, 0.15) is 0 Å². The Balaban J connectivity index is 2.78. The molecule has 1 unspecified atom stereocenters. The van der Waals surface area contributed by atoms with Crippen LogP contribution in [0, 0.1) is 5.92 Å². The van der Waals surface area contributed by atoms with E-state index in [4.69, 9.17) is 4.74 Å². The van der Waals surface area contributed by atoms with Crippen LogP contribution in [0.4, 0.5) is 0 Å². The van der Waals surface area contributed by atoms with Gasteiger partial charge >= 0.3 is 5.97 Å². The molecule has 78 valence electrons. The van der Waals surface area contributed by atoms with Crippen LogP contribution in [0.5, 0.6) is 0 Å². The van der Waals surface area contributed by atoms with Crippen molar-refractivity contribution in [2.75, 3.05) is 6.61 Å². The third kappa shape index (κ3) is 2.06. The number of allylic oxidation sites excluding steroid dienone is 3. The Hall–Kier alpha value is -1.05. The lowest BCUT2D eigenvalue weighted by Gasteiger charge is -2.10. The summed E-state index contributed by atoms with van der Waals surface area (Å²) in [5.41, 5.74) is 2.46. The molecule has 0 N–H and O–H groups in total. The minimum absolute atomic E-state index is 0.0221. The first-order valence-corrected chi connectivity index (χ1v) is 5.23. The van der Waals surface area contributed by atoms with Gasteiger partial charge in [0.25, 0.3) is 0 Å². The fraction of sp³-hybridized carbons (Fsp3) is 0.583. The Morgan fingerprint density at radius 1 is 1.50 bits per heavy atom. The summed E-state index contributed by atoms with van der Waals surface area (Å²) in [6.45, 7) is 6.32. The van der Waals surface area contributed by atoms with Crippen molar-refractivity contribution in [1.82, 2.24) is 0 Å². The van der Waals surface area contributed by atoms with Crippen molar-refractivity contribution in [2.45, 2.75) is 33.6 Å². The molecule has 0 aromatic heterocycles. The van der Waals surface area contributed by atoms with Gasteiger partial charge in [-0.3, -0.25) is 4.79 Å². The smallest absolute Gasteiger partial charge is 0.313 e. The molecule has 0 aromatic rings. The molecule has 1 atom stereocenters. The molecule has 1 fully saturated rings. The summed E-state index contributed by atoms with van der Waals surface area (Å²) in [5, 5.41) is 0. The summed E-state index contributed by atoms with van der Waals surface area (Å²) in [7, 11) is 0. The Bertz CT molecular complexity index is 274. The second-order valence-corrected chi connectivity index (χ2v) is 3.40. The lowest BCUT2D eigenvalue weighted by atomic mass is 10.0. The third-order valence-corrected chi connectivity index (χ3v) is 2.68. The van der Waals surface area contributed by atoms with Crippen molar-refractivity contribution >= 4 is 5.97 Å². The van der Waals surface area contributed by atoms with Gasteiger partial charge in [0, 0.05) is 0 Å². The van der Waals surface area contributed by atoms with Gasteiger partial charge in [-0.25, -0.2) is 0 Å². The number of hydrogen-bond donors (Lipinski definition) is 0. The minimum atomic E-state index is -0.0718. The standard InChI is InChI=1S/C12H18O2/c1-4-9-7-8-11(10(9)5-2)12(13)14-6-3/h4-5,11H,6-8H2,1-3H3/b9-4-,10-5-. The number of hydrogen-bond acceptors (Lipinski definition) is 2. The van der Waals surface area contributed by atoms with Gasteiger partial charge in [0.2, 0.25) is 0 Å². The van der Waals surface area contributed by atoms with E-state index in [0.29, 0.717) is 6.61 Å². The fourth-order valence-corrected chi connectivity index (χ4v) is 2.01. The Morgan fingerprint density at radius 3 is 2.71 bits per heavy atom. The predicted octanol–water partition coefficient (Wildman–Crippen LogP) is 2.85. The molecule has 0 aliphatic heterocycles. The van der Waals surface area contributed by atoms with Crippen LogP contribution in [-0.2, 0) is 9.53 Å². The second kappa shape index (κ2) is 4.99. The number of carbonyl (C=O) groups excluding carboxylic acids is 1. The maximum atomic E-state index is 11.6. The molecule has 1 rings (SSSR count). The molecule has 0 heterocycles. The van der Waals surface area contributed by atoms with E-state index in [2.05, 4.69) is 6.08 Å². The monoisotopic (exact) mass is 194 g/mol. The fourth-order valence-electron chi connectivity index (χ4n) is 2.01. The number of ether oxygens (including phenoxy) is 1. The normalized spacial score (nSPS) is 27.2. The summed E-state index contributed by atoms with van der Waals surface area (Å²) in [5.74, 6) is -0.0939. The molecule has 0 bridgehead atoms. The Morgan fingerprint density at radius 2 is 2.21 bits per heavy atom. The molecule has 0 amide bonds. The summed E-state index contributed by atoms with van der Waals surface area (Å²) in [6, 6.07) is 0. The van der Waals surface area contributed by atoms with E-state index in [1.54, 1.807) is 0 Å². The largest absolute Gasteiger partial charge is 0.466 e. The maximum Gasteiger partial charge on any atom is 0.313 e. The topological polar surface area (TPSA) is 26.3 Å². The van der Waals surface area contributed by atoms with E-state index in [9.17, 15) is 4.79 Å². The van der Waals surface area contributed by atoms with Crippen LogP contribution in [0.25, 0.3) is 0 Å². The molecule has 1 saturated carbocycles. The van der Waals surface area contributed by atoms with Crippen LogP contribution in [0.2, 0.25) is 0 Å². The zero-order valence-electron chi connectivity index (χ0n) is 9.17. The van der Waals surface area contributed by atoms with E-state index in [0.717, 1.165) is 18.4 Å². The number of esters is 1. The highest BCUT2D eigenvalue weighted by atomic mass is 16.5. The summed E-state index contributed by atoms with van der Waals surface area (Å²) in [6.07, 6.45) is 6.02. The quantitative estimate of drug-likeness (QED) is 0.632. The summed E-state index contributed by atoms with van der Waals surface area (Å²) in [4.78, 5) is 11.6. The highest BCUT2D eigenvalue weighted by Crippen LogP contribution is 2.36. The van der Waals surface area contributed by atoms with Crippen molar-refractivity contribution in [3.63, 3.8) is 0 Å². The van der Waals surface area contributed by atoms with Crippen LogP contribution < -0.4 is 0 Å². The van der Waals surface area contributed by atoms with Gasteiger partial charge in [-0.15, -0.1) is 0 Å². The molecule has 2 heteroatoms. The lowest BCUT2D eigenvalue weighted by molar-refractivity contribution is -0.146. The molecule has 0 spiro atoms. The minimum Gasteiger partial charge on any atom is -0.466 e. The molecule has 0 radical (unpaired) electrons. The van der Waals surface area contributed by atoms with Crippen molar-refractivity contribution in [2.24, 2.45) is 5.92 Å². The first kappa shape index (κ1) is 11.0. The number of carbonyl (C=O) groups is 1. The van der Waals surface area contributed by atoms with Crippen molar-refractivity contribution in [1.29, 1.82) is 0 Å². The lowest BCUT2D eigenvalue weighted by Crippen LogP contribution is -2.16. The maximum absolute atomic E-state index is 11.6. The Labute approximate surface area is 85.6 Å². The highest BCUT2D eigenvalue weighted by molar-refractivity contribution is 5.78. The molecule has 1 aliphatic rings. The molecular weight excluding hydrogens is 176 g/mol. The van der Waals surface area contributed by atoms with E-state index < -0.39 is 0 Å². The molecule has 2 nitrogen and oxygen atoms in total. The number of rotatable bonds is 2. The van der Waals surface area contributed by atoms with Crippen molar-refractivity contribution in [3.05, 3.63) is 23.3 Å². The first-order chi connectivity index (χ1) is 6.74. The van der Waals surface area contributed by atoms with Crippen LogP contribution in [0.15, 0.2) is 23.3 Å². The zero-order chi connectivity index (χ0) is 10.6. The van der Waals surface area contributed by atoms with Crippen LogP contribution in [0.3, 0.4) is 0 Å². The van der Waals surface area contributed by atoms with Gasteiger partial charge < -0.3 is 4.74 Å². The van der Waals surface area contributed by atoms with E-state index >= 15 is 0 Å². The van der Waals surface area contributed by atoms with E-state index in [1.165, 1.54) is 5.57 Å². The van der Waals surface area contributed by atoms with Crippen LogP contribution in [0.1, 0.15) is 33.6 Å². The van der Waals surface area contributed by atoms with Crippen LogP contribution in [-0.4, -0.2) is 12.6 Å². The van der Waals surface area contributed by atoms with Gasteiger partial charge in [-0.2, -0.15) is 0 Å². The Kier molecular flexibility index (Phi) is 3.93. The molecule has 0 saturated heterocycles. The first-order valence-electron chi connectivity index (χ1n) is 5.23. The molecule has 1 aliphatic carbocycles. The van der Waals surface area contributed by atoms with E-state index in [1.807, 2.05) is 26.8 Å². The van der Waals surface area contributed by atoms with Gasteiger partial charge in [0.15, 0.2) is 0 Å². The predicted molar refractivity (Wildman–Crippen MR) is 56.9 cm³/mol. The molecule has 0 aromatic carbocycles. The zero-order valence-corrected chi connectivity index (χ0v) is 9.17. The highest BCUT2D eigenvalue weighted by Gasteiger charge is 2.31. The summed E-state index contributed by atoms with van der Waals surface area (Å²) >= 11 is 0. The third-order valence-electron chi connectivity index (χ3n) is 2.68. The average Bonchev–Trinajstić information content (AvgIpc) is 2.60. The van der Waals surface area contributed by atoms with Crippen molar-refractivity contribution < 1.29 is 9.53 Å². The van der Waals surface area contributed by atoms with Crippen molar-refractivity contribution in [3.8, 4) is 0 Å². The SMILES string of the molecule is C/C=C1/CCC(C(=O)OCC)/C1=C\C.